The first-order chi connectivity index (χ1) is 12.5. The molecule has 2 rings (SSSR count). The number of hydrogen-bond donors (Lipinski definition) is 1. The van der Waals surface area contributed by atoms with Crippen LogP contribution in [0.2, 0.25) is 0 Å². The molecule has 0 amide bonds. The van der Waals surface area contributed by atoms with E-state index >= 15 is 0 Å². The van der Waals surface area contributed by atoms with Crippen LogP contribution in [-0.2, 0) is 27.4 Å². The highest BCUT2D eigenvalue weighted by atomic mass is 16.6. The van der Waals surface area contributed by atoms with Gasteiger partial charge >= 0.3 is 5.97 Å². The second-order valence-electron chi connectivity index (χ2n) is 5.34. The molecule has 0 heterocycles. The minimum atomic E-state index is -1.64. The quantitative estimate of drug-likeness (QED) is 0.300. The van der Waals surface area contributed by atoms with E-state index in [1.807, 2.05) is 30.3 Å². The van der Waals surface area contributed by atoms with Crippen LogP contribution in [0.15, 0.2) is 48.5 Å². The van der Waals surface area contributed by atoms with E-state index in [0.29, 0.717) is 19.0 Å². The number of carboxylic acid groups (broad SMARTS) is 1. The molecule has 8 heteroatoms. The molecule has 0 unspecified atom stereocenters. The van der Waals surface area contributed by atoms with E-state index in [1.165, 1.54) is 18.2 Å². The molecule has 0 atom stereocenters. The van der Waals surface area contributed by atoms with E-state index in [2.05, 4.69) is 0 Å². The zero-order valence-electron chi connectivity index (χ0n) is 13.8. The Kier molecular flexibility index (Phi) is 6.81. The molecule has 0 bridgehead atoms. The van der Waals surface area contributed by atoms with Crippen LogP contribution in [0, 0.1) is 10.1 Å². The van der Waals surface area contributed by atoms with Gasteiger partial charge in [0.25, 0.3) is 5.69 Å². The zero-order valence-corrected chi connectivity index (χ0v) is 13.8. The minimum Gasteiger partial charge on any atom is -0.491 e. The fourth-order valence-corrected chi connectivity index (χ4v) is 2.20. The summed E-state index contributed by atoms with van der Waals surface area (Å²) in [4.78, 5) is 32.3. The molecule has 0 aliphatic carbocycles. The number of rotatable bonds is 10. The molecule has 26 heavy (non-hydrogen) atoms. The van der Waals surface area contributed by atoms with Gasteiger partial charge in [-0.25, -0.2) is 4.79 Å². The maximum absolute atomic E-state index is 11.3. The van der Waals surface area contributed by atoms with Crippen molar-refractivity contribution in [2.45, 2.75) is 13.0 Å². The van der Waals surface area contributed by atoms with Crippen molar-refractivity contribution in [1.82, 2.24) is 0 Å². The third-order valence-corrected chi connectivity index (χ3v) is 3.45. The molecular formula is C18H17NO7. The number of aliphatic carboxylic acids is 1. The first-order valence-corrected chi connectivity index (χ1v) is 7.75. The lowest BCUT2D eigenvalue weighted by atomic mass is 10.1. The van der Waals surface area contributed by atoms with Gasteiger partial charge in [-0.1, -0.05) is 30.3 Å². The molecule has 0 aliphatic heterocycles. The van der Waals surface area contributed by atoms with E-state index in [0.717, 1.165) is 5.56 Å². The maximum Gasteiger partial charge on any atom is 0.372 e. The Bertz CT molecular complexity index is 789. The molecular weight excluding hydrogens is 342 g/mol. The van der Waals surface area contributed by atoms with Crippen molar-refractivity contribution in [3.63, 3.8) is 0 Å². The topological polar surface area (TPSA) is 116 Å². The molecule has 0 radical (unpaired) electrons. The Morgan fingerprint density at radius 1 is 1.08 bits per heavy atom. The number of hydrogen-bond acceptors (Lipinski definition) is 6. The van der Waals surface area contributed by atoms with Crippen molar-refractivity contribution < 1.29 is 29.1 Å². The van der Waals surface area contributed by atoms with Crippen molar-refractivity contribution in [3.8, 4) is 5.75 Å². The molecule has 2 aromatic carbocycles. The minimum absolute atomic E-state index is 0.00916. The molecule has 1 N–H and O–H groups in total. The average Bonchev–Trinajstić information content (AvgIpc) is 2.62. The van der Waals surface area contributed by atoms with E-state index in [-0.39, 0.29) is 17.9 Å². The Morgan fingerprint density at radius 2 is 1.81 bits per heavy atom. The van der Waals surface area contributed by atoms with Crippen molar-refractivity contribution >= 4 is 17.4 Å². The van der Waals surface area contributed by atoms with Gasteiger partial charge in [0.15, 0.2) is 0 Å². The first-order valence-electron chi connectivity index (χ1n) is 7.75. The number of benzene rings is 2. The molecule has 0 saturated heterocycles. The summed E-state index contributed by atoms with van der Waals surface area (Å²) in [6.45, 7) is 0.940. The average molecular weight is 359 g/mol. The van der Waals surface area contributed by atoms with Gasteiger partial charge in [-0.2, -0.15) is 0 Å². The van der Waals surface area contributed by atoms with Crippen molar-refractivity contribution in [1.29, 1.82) is 0 Å². The smallest absolute Gasteiger partial charge is 0.372 e. The van der Waals surface area contributed by atoms with Crippen molar-refractivity contribution in [2.75, 3.05) is 13.2 Å². The third kappa shape index (κ3) is 5.67. The van der Waals surface area contributed by atoms with Crippen LogP contribution in [0.5, 0.6) is 5.75 Å². The summed E-state index contributed by atoms with van der Waals surface area (Å²) < 4.78 is 10.9. The number of ketones is 1. The van der Waals surface area contributed by atoms with Crippen LogP contribution < -0.4 is 4.74 Å². The second kappa shape index (κ2) is 9.28. The fraction of sp³-hybridized carbons (Fsp3) is 0.222. The normalized spacial score (nSPS) is 10.3. The van der Waals surface area contributed by atoms with Crippen molar-refractivity contribution in [3.05, 3.63) is 69.8 Å². The highest BCUT2D eigenvalue weighted by Gasteiger charge is 2.21. The molecule has 0 aliphatic rings. The molecule has 2 aromatic rings. The van der Waals surface area contributed by atoms with E-state index in [1.54, 1.807) is 0 Å². The molecule has 8 nitrogen and oxygen atoms in total. The number of Topliss-reactive ketones (excluding diaryl/α,β-unsaturated/α-hetero) is 1. The highest BCUT2D eigenvalue weighted by molar-refractivity contribution is 6.33. The molecule has 0 fully saturated rings. The summed E-state index contributed by atoms with van der Waals surface area (Å²) in [6, 6.07) is 13.5. The van der Waals surface area contributed by atoms with E-state index in [4.69, 9.17) is 14.6 Å². The van der Waals surface area contributed by atoms with Crippen LogP contribution in [0.4, 0.5) is 5.69 Å². The monoisotopic (exact) mass is 359 g/mol. The summed E-state index contributed by atoms with van der Waals surface area (Å²) in [5, 5.41) is 19.7. The predicted octanol–water partition coefficient (Wildman–Crippen LogP) is 2.39. The first kappa shape index (κ1) is 19.1. The Balaban J connectivity index is 1.91. The Labute approximate surface area is 149 Å². The standard InChI is InChI=1S/C18H17NO7/c20-17(18(21)22)11-14-10-15(6-7-16(14)19(23)24)26-9-8-25-12-13-4-2-1-3-5-13/h1-7,10H,8-9,11-12H2,(H,21,22). The van der Waals surface area contributed by atoms with Crippen LogP contribution in [0.3, 0.4) is 0 Å². The third-order valence-electron chi connectivity index (χ3n) is 3.45. The second-order valence-corrected chi connectivity index (χ2v) is 5.34. The van der Waals surface area contributed by atoms with Gasteiger partial charge in [0.05, 0.1) is 18.1 Å². The lowest BCUT2D eigenvalue weighted by molar-refractivity contribution is -0.385. The number of nitro groups is 1. The molecule has 0 saturated carbocycles. The summed E-state index contributed by atoms with van der Waals surface area (Å²) in [7, 11) is 0. The Morgan fingerprint density at radius 3 is 2.46 bits per heavy atom. The zero-order chi connectivity index (χ0) is 18.9. The highest BCUT2D eigenvalue weighted by Crippen LogP contribution is 2.25. The summed E-state index contributed by atoms with van der Waals surface area (Å²) in [6.07, 6.45) is -0.576. The summed E-state index contributed by atoms with van der Waals surface area (Å²) >= 11 is 0. The summed E-state index contributed by atoms with van der Waals surface area (Å²) in [5.41, 5.74) is 0.690. The van der Waals surface area contributed by atoms with Gasteiger partial charge < -0.3 is 14.6 Å². The van der Waals surface area contributed by atoms with Crippen LogP contribution in [0.1, 0.15) is 11.1 Å². The fourth-order valence-electron chi connectivity index (χ4n) is 2.20. The SMILES string of the molecule is O=C(O)C(=O)Cc1cc(OCCOCc2ccccc2)ccc1[N+](=O)[O-]. The number of nitro benzene ring substituents is 1. The van der Waals surface area contributed by atoms with Crippen LogP contribution in [0.25, 0.3) is 0 Å². The van der Waals surface area contributed by atoms with E-state index < -0.39 is 23.1 Å². The number of carbonyl (C=O) groups excluding carboxylic acids is 1. The van der Waals surface area contributed by atoms with Gasteiger partial charge in [-0.3, -0.25) is 14.9 Å². The summed E-state index contributed by atoms with van der Waals surface area (Å²) in [5.74, 6) is -2.47. The largest absolute Gasteiger partial charge is 0.491 e. The number of carboxylic acids is 1. The van der Waals surface area contributed by atoms with Crippen LogP contribution in [-0.4, -0.2) is 35.0 Å². The van der Waals surface area contributed by atoms with Crippen molar-refractivity contribution in [2.24, 2.45) is 0 Å². The predicted molar refractivity (Wildman–Crippen MR) is 91.0 cm³/mol. The number of ether oxygens (including phenoxy) is 2. The van der Waals surface area contributed by atoms with Crippen LogP contribution >= 0.6 is 0 Å². The molecule has 0 aromatic heterocycles. The maximum atomic E-state index is 11.3. The Hall–Kier alpha value is -3.26. The number of nitrogens with zero attached hydrogens (tertiary/aromatic N) is 1. The van der Waals surface area contributed by atoms with Gasteiger partial charge in [0, 0.05) is 18.1 Å². The molecule has 0 spiro atoms. The lowest BCUT2D eigenvalue weighted by Crippen LogP contribution is -2.16. The van der Waals surface area contributed by atoms with Gasteiger partial charge in [-0.05, 0) is 17.7 Å². The van der Waals surface area contributed by atoms with Gasteiger partial charge in [0.1, 0.15) is 12.4 Å². The van der Waals surface area contributed by atoms with Gasteiger partial charge in [-0.15, -0.1) is 0 Å². The lowest BCUT2D eigenvalue weighted by Gasteiger charge is -2.09. The molecule has 136 valence electrons. The number of carbonyl (C=O) groups is 2. The van der Waals surface area contributed by atoms with Gasteiger partial charge in [0.2, 0.25) is 5.78 Å². The van der Waals surface area contributed by atoms with E-state index in [9.17, 15) is 19.7 Å².